The van der Waals surface area contributed by atoms with Crippen molar-refractivity contribution in [1.29, 1.82) is 0 Å². The fraction of sp³-hybridized carbons (Fsp3) is 0.316. The summed E-state index contributed by atoms with van der Waals surface area (Å²) in [7, 11) is -0.256. The van der Waals surface area contributed by atoms with E-state index in [1.807, 2.05) is 32.0 Å². The van der Waals surface area contributed by atoms with E-state index in [0.717, 1.165) is 22.5 Å². The van der Waals surface area contributed by atoms with E-state index in [0.29, 0.717) is 5.56 Å². The third-order valence-electron chi connectivity index (χ3n) is 4.06. The molecular weight excluding hydrogens is 350 g/mol. The molecule has 0 aliphatic heterocycles. The van der Waals surface area contributed by atoms with E-state index >= 15 is 0 Å². The van der Waals surface area contributed by atoms with Crippen molar-refractivity contribution in [3.8, 4) is 0 Å². The Labute approximate surface area is 155 Å². The molecule has 0 saturated heterocycles. The predicted octanol–water partition coefficient (Wildman–Crippen LogP) is 2.75. The summed E-state index contributed by atoms with van der Waals surface area (Å²) < 4.78 is 25.0. The van der Waals surface area contributed by atoms with Gasteiger partial charge in [0, 0.05) is 25.5 Å². The molecule has 2 rings (SSSR count). The molecule has 6 nitrogen and oxygen atoms in total. The number of anilines is 2. The van der Waals surface area contributed by atoms with Crippen LogP contribution in [0.2, 0.25) is 0 Å². The van der Waals surface area contributed by atoms with Gasteiger partial charge in [-0.1, -0.05) is 30.3 Å². The fourth-order valence-electron chi connectivity index (χ4n) is 2.44. The minimum absolute atomic E-state index is 0.0483. The molecule has 2 aromatic rings. The maximum atomic E-state index is 12.2. The average molecular weight is 375 g/mol. The van der Waals surface area contributed by atoms with E-state index in [1.54, 1.807) is 24.3 Å². The molecule has 0 heterocycles. The Kier molecular flexibility index (Phi) is 6.39. The zero-order valence-corrected chi connectivity index (χ0v) is 16.4. The minimum atomic E-state index is -3.28. The van der Waals surface area contributed by atoms with Crippen LogP contribution in [0.25, 0.3) is 0 Å². The van der Waals surface area contributed by atoms with Crippen LogP contribution in [0.15, 0.2) is 42.5 Å². The first-order valence-electron chi connectivity index (χ1n) is 8.28. The summed E-state index contributed by atoms with van der Waals surface area (Å²) in [6, 6.07) is 12.9. The second kappa shape index (κ2) is 8.33. The normalized spacial score (nSPS) is 11.4. The maximum absolute atomic E-state index is 12.2. The Bertz CT molecular complexity index is 855. The summed E-state index contributed by atoms with van der Waals surface area (Å²) in [4.78, 5) is 12.2. The molecule has 0 bridgehead atoms. The van der Waals surface area contributed by atoms with E-state index in [4.69, 9.17) is 0 Å². The first-order chi connectivity index (χ1) is 12.2. The summed E-state index contributed by atoms with van der Waals surface area (Å²) in [6.07, 6.45) is 0. The third-order valence-corrected chi connectivity index (χ3v) is 5.87. The van der Waals surface area contributed by atoms with Gasteiger partial charge in [-0.2, -0.15) is 0 Å². The van der Waals surface area contributed by atoms with Gasteiger partial charge in [0.2, 0.25) is 15.9 Å². The monoisotopic (exact) mass is 375 g/mol. The van der Waals surface area contributed by atoms with Gasteiger partial charge in [0.25, 0.3) is 0 Å². The second-order valence-corrected chi connectivity index (χ2v) is 8.59. The smallest absolute Gasteiger partial charge is 0.243 e. The van der Waals surface area contributed by atoms with Crippen molar-refractivity contribution in [3.63, 3.8) is 0 Å². The summed E-state index contributed by atoms with van der Waals surface area (Å²) in [5, 5.41) is 5.96. The number of nitrogens with one attached hydrogen (secondary N) is 2. The van der Waals surface area contributed by atoms with E-state index in [1.165, 1.54) is 18.4 Å². The van der Waals surface area contributed by atoms with E-state index in [2.05, 4.69) is 10.6 Å². The summed E-state index contributed by atoms with van der Waals surface area (Å²) in [5.74, 6) is -0.186. The SMILES string of the molecule is Cc1cccc(C)c1NC(=O)CNc1ccc(CS(=O)(=O)N(C)C)cc1. The van der Waals surface area contributed by atoms with Crippen LogP contribution < -0.4 is 10.6 Å². The van der Waals surface area contributed by atoms with Gasteiger partial charge in [-0.25, -0.2) is 12.7 Å². The van der Waals surface area contributed by atoms with Crippen molar-refractivity contribution in [2.24, 2.45) is 0 Å². The number of amides is 1. The molecule has 0 aliphatic rings. The van der Waals surface area contributed by atoms with Gasteiger partial charge in [0.1, 0.15) is 0 Å². The first kappa shape index (κ1) is 19.9. The highest BCUT2D eigenvalue weighted by Crippen LogP contribution is 2.19. The zero-order chi connectivity index (χ0) is 19.3. The van der Waals surface area contributed by atoms with Crippen LogP contribution in [-0.2, 0) is 20.6 Å². The molecule has 0 unspecified atom stereocenters. The molecule has 0 saturated carbocycles. The molecule has 0 spiro atoms. The van der Waals surface area contributed by atoms with Crippen molar-refractivity contribution in [3.05, 3.63) is 59.2 Å². The largest absolute Gasteiger partial charge is 0.376 e. The Hall–Kier alpha value is -2.38. The molecule has 0 fully saturated rings. The number of hydrogen-bond acceptors (Lipinski definition) is 4. The number of rotatable bonds is 7. The lowest BCUT2D eigenvalue weighted by atomic mass is 10.1. The Morgan fingerprint density at radius 1 is 1.00 bits per heavy atom. The molecule has 0 radical (unpaired) electrons. The Morgan fingerprint density at radius 3 is 2.12 bits per heavy atom. The van der Waals surface area contributed by atoms with E-state index in [-0.39, 0.29) is 18.2 Å². The molecule has 7 heteroatoms. The zero-order valence-electron chi connectivity index (χ0n) is 15.5. The van der Waals surface area contributed by atoms with Gasteiger partial charge in [-0.15, -0.1) is 0 Å². The van der Waals surface area contributed by atoms with Crippen molar-refractivity contribution in [2.45, 2.75) is 19.6 Å². The summed E-state index contributed by atoms with van der Waals surface area (Å²) in [6.45, 7) is 4.04. The third kappa shape index (κ3) is 5.31. The predicted molar refractivity (Wildman–Crippen MR) is 106 cm³/mol. The van der Waals surface area contributed by atoms with Gasteiger partial charge in [0.15, 0.2) is 0 Å². The number of carbonyl (C=O) groups excluding carboxylic acids is 1. The van der Waals surface area contributed by atoms with Crippen LogP contribution in [0, 0.1) is 13.8 Å². The second-order valence-electron chi connectivity index (χ2n) is 6.40. The fourth-order valence-corrected chi connectivity index (χ4v) is 3.31. The van der Waals surface area contributed by atoms with Crippen molar-refractivity contribution >= 4 is 27.3 Å². The molecule has 0 atom stereocenters. The van der Waals surface area contributed by atoms with Gasteiger partial charge >= 0.3 is 0 Å². The lowest BCUT2D eigenvalue weighted by Gasteiger charge is -2.13. The number of sulfonamides is 1. The molecule has 2 N–H and O–H groups in total. The molecule has 0 aliphatic carbocycles. The van der Waals surface area contributed by atoms with Crippen LogP contribution in [-0.4, -0.2) is 39.3 Å². The standard InChI is InChI=1S/C19H25N3O3S/c1-14-6-5-7-15(2)19(14)21-18(23)12-20-17-10-8-16(9-11-17)13-26(24,25)22(3)4/h5-11,20H,12-13H2,1-4H3,(H,21,23). The number of para-hydroxylation sites is 1. The van der Waals surface area contributed by atoms with Gasteiger partial charge < -0.3 is 10.6 Å². The maximum Gasteiger partial charge on any atom is 0.243 e. The highest BCUT2D eigenvalue weighted by molar-refractivity contribution is 7.88. The molecule has 0 aromatic heterocycles. The molecule has 1 amide bonds. The van der Waals surface area contributed by atoms with Crippen molar-refractivity contribution in [1.82, 2.24) is 4.31 Å². The van der Waals surface area contributed by atoms with Gasteiger partial charge in [0.05, 0.1) is 12.3 Å². The number of benzene rings is 2. The number of aryl methyl sites for hydroxylation is 2. The van der Waals surface area contributed by atoms with Crippen LogP contribution in [0.1, 0.15) is 16.7 Å². The molecular formula is C19H25N3O3S. The number of nitrogens with zero attached hydrogens (tertiary/aromatic N) is 1. The number of hydrogen-bond donors (Lipinski definition) is 2. The average Bonchev–Trinajstić information content (AvgIpc) is 2.57. The van der Waals surface area contributed by atoms with Crippen molar-refractivity contribution in [2.75, 3.05) is 31.3 Å². The number of carbonyl (C=O) groups is 1. The topological polar surface area (TPSA) is 78.5 Å². The van der Waals surface area contributed by atoms with E-state index in [9.17, 15) is 13.2 Å². The first-order valence-corrected chi connectivity index (χ1v) is 9.89. The lowest BCUT2D eigenvalue weighted by molar-refractivity contribution is -0.114. The Morgan fingerprint density at radius 2 is 1.58 bits per heavy atom. The van der Waals surface area contributed by atoms with Crippen LogP contribution in [0.5, 0.6) is 0 Å². The highest BCUT2D eigenvalue weighted by Gasteiger charge is 2.14. The van der Waals surface area contributed by atoms with Crippen LogP contribution >= 0.6 is 0 Å². The quantitative estimate of drug-likeness (QED) is 0.780. The highest BCUT2D eigenvalue weighted by atomic mass is 32.2. The molecule has 2 aromatic carbocycles. The van der Waals surface area contributed by atoms with Crippen molar-refractivity contribution < 1.29 is 13.2 Å². The van der Waals surface area contributed by atoms with Gasteiger partial charge in [-0.05, 0) is 42.7 Å². The summed E-state index contributed by atoms with van der Waals surface area (Å²) in [5.41, 5.74) is 4.33. The van der Waals surface area contributed by atoms with E-state index < -0.39 is 10.0 Å². The molecule has 26 heavy (non-hydrogen) atoms. The van der Waals surface area contributed by atoms with Crippen LogP contribution in [0.4, 0.5) is 11.4 Å². The molecule has 140 valence electrons. The summed E-state index contributed by atoms with van der Waals surface area (Å²) >= 11 is 0. The Balaban J connectivity index is 1.92. The van der Waals surface area contributed by atoms with Crippen LogP contribution in [0.3, 0.4) is 0 Å². The minimum Gasteiger partial charge on any atom is -0.376 e. The lowest BCUT2D eigenvalue weighted by Crippen LogP contribution is -2.24. The van der Waals surface area contributed by atoms with Gasteiger partial charge in [-0.3, -0.25) is 4.79 Å².